The van der Waals surface area contributed by atoms with Crippen LogP contribution >= 0.6 is 0 Å². The maximum absolute atomic E-state index is 8.73. The first-order valence-corrected chi connectivity index (χ1v) is 4.18. The van der Waals surface area contributed by atoms with Gasteiger partial charge in [-0.15, -0.1) is 0 Å². The zero-order chi connectivity index (χ0) is 9.97. The van der Waals surface area contributed by atoms with Crippen molar-refractivity contribution in [2.24, 2.45) is 0 Å². The van der Waals surface area contributed by atoms with Crippen LogP contribution in [0.2, 0.25) is 0 Å². The summed E-state index contributed by atoms with van der Waals surface area (Å²) in [7, 11) is 0. The fourth-order valence-electron chi connectivity index (χ4n) is 1.19. The Morgan fingerprint density at radius 2 is 2.36 bits per heavy atom. The summed E-state index contributed by atoms with van der Waals surface area (Å²) < 4.78 is 1.66. The van der Waals surface area contributed by atoms with Crippen LogP contribution in [0.5, 0.6) is 0 Å². The number of aromatic nitrogens is 3. The second-order valence-corrected chi connectivity index (χ2v) is 2.92. The lowest BCUT2D eigenvalue weighted by Gasteiger charge is -2.01. The van der Waals surface area contributed by atoms with Crippen molar-refractivity contribution in [1.82, 2.24) is 14.8 Å². The Bertz CT molecular complexity index is 479. The minimum absolute atomic E-state index is 0.598. The van der Waals surface area contributed by atoms with E-state index in [1.165, 1.54) is 0 Å². The molecule has 0 N–H and O–H groups in total. The van der Waals surface area contributed by atoms with Crippen molar-refractivity contribution in [3.63, 3.8) is 0 Å². The molecule has 0 fully saturated rings. The minimum Gasteiger partial charge on any atom is -0.236 e. The number of hydrogen-bond acceptors (Lipinski definition) is 3. The predicted octanol–water partition coefficient (Wildman–Crippen LogP) is 1.45. The predicted molar refractivity (Wildman–Crippen MR) is 50.8 cm³/mol. The summed E-state index contributed by atoms with van der Waals surface area (Å²) >= 11 is 0. The van der Waals surface area contributed by atoms with Crippen LogP contribution in [0, 0.1) is 18.3 Å². The van der Waals surface area contributed by atoms with Gasteiger partial charge in [0.2, 0.25) is 0 Å². The van der Waals surface area contributed by atoms with Crippen LogP contribution in [-0.4, -0.2) is 14.8 Å². The molecule has 14 heavy (non-hydrogen) atoms. The highest BCUT2D eigenvalue weighted by Gasteiger charge is 2.01. The van der Waals surface area contributed by atoms with Crippen LogP contribution < -0.4 is 0 Å². The second kappa shape index (κ2) is 3.30. The number of hydrogen-bond donors (Lipinski definition) is 0. The minimum atomic E-state index is 0.598. The third-order valence-electron chi connectivity index (χ3n) is 1.96. The molecule has 0 saturated carbocycles. The number of nitrogens with zero attached hydrogens (tertiary/aromatic N) is 4. The zero-order valence-electron chi connectivity index (χ0n) is 7.68. The van der Waals surface area contributed by atoms with Gasteiger partial charge in [-0.2, -0.15) is 10.4 Å². The van der Waals surface area contributed by atoms with Crippen LogP contribution in [0.25, 0.3) is 5.82 Å². The highest BCUT2D eigenvalue weighted by atomic mass is 15.3. The molecule has 0 aliphatic heterocycles. The molecule has 0 bridgehead atoms. The van der Waals surface area contributed by atoms with Gasteiger partial charge in [-0.05, 0) is 24.6 Å². The Morgan fingerprint density at radius 1 is 1.50 bits per heavy atom. The molecule has 0 aliphatic rings. The van der Waals surface area contributed by atoms with Gasteiger partial charge in [0.05, 0.1) is 5.56 Å². The second-order valence-electron chi connectivity index (χ2n) is 2.92. The number of aryl methyl sites for hydroxylation is 1. The highest BCUT2D eigenvalue weighted by Crippen LogP contribution is 2.09. The molecule has 0 atom stereocenters. The lowest BCUT2D eigenvalue weighted by atomic mass is 10.2. The van der Waals surface area contributed by atoms with Gasteiger partial charge < -0.3 is 0 Å². The van der Waals surface area contributed by atoms with Crippen LogP contribution in [0.15, 0.2) is 30.7 Å². The third kappa shape index (κ3) is 1.36. The van der Waals surface area contributed by atoms with Gasteiger partial charge in [0.25, 0.3) is 0 Å². The van der Waals surface area contributed by atoms with E-state index < -0.39 is 0 Å². The zero-order valence-corrected chi connectivity index (χ0v) is 7.68. The normalized spacial score (nSPS) is 9.71. The van der Waals surface area contributed by atoms with Gasteiger partial charge in [-0.1, -0.05) is 0 Å². The third-order valence-corrected chi connectivity index (χ3v) is 1.96. The Kier molecular flexibility index (Phi) is 1.99. The highest BCUT2D eigenvalue weighted by molar-refractivity contribution is 5.39. The standard InChI is InChI=1S/C10H8N4/c1-8-5-10(12-7-9(8)6-11)14-4-2-3-13-14/h2-5,7H,1H3. The van der Waals surface area contributed by atoms with Gasteiger partial charge in [-0.25, -0.2) is 9.67 Å². The molecule has 4 heteroatoms. The summed E-state index contributed by atoms with van der Waals surface area (Å²) in [6, 6.07) is 5.74. The van der Waals surface area contributed by atoms with Crippen LogP contribution in [-0.2, 0) is 0 Å². The molecule has 0 spiro atoms. The van der Waals surface area contributed by atoms with E-state index in [2.05, 4.69) is 16.2 Å². The van der Waals surface area contributed by atoms with Gasteiger partial charge in [0.1, 0.15) is 6.07 Å². The van der Waals surface area contributed by atoms with Crippen molar-refractivity contribution in [1.29, 1.82) is 5.26 Å². The topological polar surface area (TPSA) is 54.5 Å². The summed E-state index contributed by atoms with van der Waals surface area (Å²) in [5, 5.41) is 12.8. The molecule has 0 aromatic carbocycles. The molecule has 4 nitrogen and oxygen atoms in total. The summed E-state index contributed by atoms with van der Waals surface area (Å²) in [6.45, 7) is 1.88. The summed E-state index contributed by atoms with van der Waals surface area (Å²) in [5.41, 5.74) is 1.51. The summed E-state index contributed by atoms with van der Waals surface area (Å²) in [6.07, 6.45) is 5.06. The maximum atomic E-state index is 8.73. The molecule has 0 aliphatic carbocycles. The van der Waals surface area contributed by atoms with Gasteiger partial charge in [0.15, 0.2) is 5.82 Å². The monoisotopic (exact) mass is 184 g/mol. The molecular weight excluding hydrogens is 176 g/mol. The average Bonchev–Trinajstić information content (AvgIpc) is 2.70. The van der Waals surface area contributed by atoms with Crippen molar-refractivity contribution in [3.05, 3.63) is 41.9 Å². The fraction of sp³-hybridized carbons (Fsp3) is 0.100. The molecule has 2 rings (SSSR count). The van der Waals surface area contributed by atoms with E-state index in [0.29, 0.717) is 5.56 Å². The van der Waals surface area contributed by atoms with E-state index in [-0.39, 0.29) is 0 Å². The Hall–Kier alpha value is -2.15. The lowest BCUT2D eigenvalue weighted by Crippen LogP contribution is -1.99. The van der Waals surface area contributed by atoms with Crippen molar-refractivity contribution in [2.75, 3.05) is 0 Å². The van der Waals surface area contributed by atoms with Crippen molar-refractivity contribution >= 4 is 0 Å². The maximum Gasteiger partial charge on any atom is 0.153 e. The molecule has 0 amide bonds. The van der Waals surface area contributed by atoms with Crippen LogP contribution in [0.1, 0.15) is 11.1 Å². The molecule has 68 valence electrons. The first kappa shape index (κ1) is 8.45. The molecule has 2 heterocycles. The summed E-state index contributed by atoms with van der Waals surface area (Å²) in [4.78, 5) is 4.13. The lowest BCUT2D eigenvalue weighted by molar-refractivity contribution is 0.844. The first-order valence-electron chi connectivity index (χ1n) is 4.18. The van der Waals surface area contributed by atoms with Crippen molar-refractivity contribution in [3.8, 4) is 11.9 Å². The average molecular weight is 184 g/mol. The van der Waals surface area contributed by atoms with Crippen LogP contribution in [0.3, 0.4) is 0 Å². The Labute approximate surface area is 81.4 Å². The quantitative estimate of drug-likeness (QED) is 0.674. The van der Waals surface area contributed by atoms with Crippen LogP contribution in [0.4, 0.5) is 0 Å². The Morgan fingerprint density at radius 3 is 2.93 bits per heavy atom. The molecule has 0 saturated heterocycles. The van der Waals surface area contributed by atoms with Gasteiger partial charge in [-0.3, -0.25) is 0 Å². The molecule has 2 aromatic heterocycles. The molecule has 0 radical (unpaired) electrons. The molecular formula is C10H8N4. The first-order chi connectivity index (χ1) is 6.81. The van der Waals surface area contributed by atoms with Gasteiger partial charge >= 0.3 is 0 Å². The number of nitriles is 1. The molecule has 2 aromatic rings. The molecule has 0 unspecified atom stereocenters. The summed E-state index contributed by atoms with van der Waals surface area (Å²) in [5.74, 6) is 0.728. The van der Waals surface area contributed by atoms with E-state index in [0.717, 1.165) is 11.4 Å². The van der Waals surface area contributed by atoms with E-state index in [4.69, 9.17) is 5.26 Å². The van der Waals surface area contributed by atoms with E-state index in [1.807, 2.05) is 25.3 Å². The van der Waals surface area contributed by atoms with E-state index in [9.17, 15) is 0 Å². The van der Waals surface area contributed by atoms with E-state index in [1.54, 1.807) is 17.1 Å². The van der Waals surface area contributed by atoms with Gasteiger partial charge in [0, 0.05) is 18.6 Å². The Balaban J connectivity index is 2.49. The SMILES string of the molecule is Cc1cc(-n2cccn2)ncc1C#N. The smallest absolute Gasteiger partial charge is 0.153 e. The number of rotatable bonds is 1. The van der Waals surface area contributed by atoms with Crippen molar-refractivity contribution < 1.29 is 0 Å². The van der Waals surface area contributed by atoms with E-state index >= 15 is 0 Å². The van der Waals surface area contributed by atoms with Crippen molar-refractivity contribution in [2.45, 2.75) is 6.92 Å². The fourth-order valence-corrected chi connectivity index (χ4v) is 1.19. The number of pyridine rings is 1. The largest absolute Gasteiger partial charge is 0.236 e.